The minimum atomic E-state index is 0. The molecule has 0 saturated carbocycles. The first-order valence-electron chi connectivity index (χ1n) is 7.19. The molecule has 3 N–H and O–H groups in total. The van der Waals surface area contributed by atoms with Crippen LogP contribution in [0.3, 0.4) is 0 Å². The third-order valence-electron chi connectivity index (χ3n) is 3.73. The minimum Gasteiger partial charge on any atom is -1.00 e. The Hall–Kier alpha value is -1.42. The molecule has 1 unspecified atom stereocenters. The Morgan fingerprint density at radius 3 is 2.41 bits per heavy atom. The second-order valence-electron chi connectivity index (χ2n) is 5.27. The van der Waals surface area contributed by atoms with E-state index in [4.69, 9.17) is 21.1 Å². The van der Waals surface area contributed by atoms with E-state index in [1.54, 1.807) is 0 Å². The van der Waals surface area contributed by atoms with Crippen molar-refractivity contribution in [3.05, 3.63) is 58.6 Å². The molecule has 0 saturated heterocycles. The fourth-order valence-electron chi connectivity index (χ4n) is 2.49. The van der Waals surface area contributed by atoms with Crippen LogP contribution in [0.15, 0.2) is 42.5 Å². The Kier molecular flexibility index (Phi) is 5.95. The minimum absolute atomic E-state index is 0. The van der Waals surface area contributed by atoms with E-state index in [9.17, 15) is 0 Å². The summed E-state index contributed by atoms with van der Waals surface area (Å²) in [5, 5.41) is 0.762. The van der Waals surface area contributed by atoms with Crippen LogP contribution in [0.2, 0.25) is 5.02 Å². The van der Waals surface area contributed by atoms with Gasteiger partial charge in [0.15, 0.2) is 11.5 Å². The van der Waals surface area contributed by atoms with Crippen LogP contribution in [-0.4, -0.2) is 13.2 Å². The number of quaternary nitrogens is 1. The summed E-state index contributed by atoms with van der Waals surface area (Å²) in [6, 6.07) is 14.3. The Balaban J connectivity index is 0.00000176. The Morgan fingerprint density at radius 2 is 1.68 bits per heavy atom. The summed E-state index contributed by atoms with van der Waals surface area (Å²) in [5.41, 5.74) is 6.71. The third kappa shape index (κ3) is 4.07. The van der Waals surface area contributed by atoms with E-state index >= 15 is 0 Å². The van der Waals surface area contributed by atoms with Gasteiger partial charge in [-0.15, -0.1) is 0 Å². The number of benzene rings is 2. The second-order valence-corrected chi connectivity index (χ2v) is 5.70. The number of fused-ring (bicyclic) bond motifs is 1. The number of rotatable bonds is 4. The highest BCUT2D eigenvalue weighted by molar-refractivity contribution is 6.30. The van der Waals surface area contributed by atoms with Crippen LogP contribution in [0.1, 0.15) is 23.6 Å². The van der Waals surface area contributed by atoms with Crippen molar-refractivity contribution in [2.45, 2.75) is 18.9 Å². The van der Waals surface area contributed by atoms with E-state index in [0.717, 1.165) is 29.4 Å². The van der Waals surface area contributed by atoms with Crippen LogP contribution >= 0.6 is 11.6 Å². The number of hydrogen-bond donors (Lipinski definition) is 1. The maximum Gasteiger partial charge on any atom is 0.161 e. The van der Waals surface area contributed by atoms with Crippen LogP contribution in [-0.2, 0) is 6.42 Å². The molecule has 0 aliphatic carbocycles. The van der Waals surface area contributed by atoms with Gasteiger partial charge in [-0.05, 0) is 36.2 Å². The lowest BCUT2D eigenvalue weighted by Gasteiger charge is -2.19. The lowest BCUT2D eigenvalue weighted by Crippen LogP contribution is -3.00. The van der Waals surface area contributed by atoms with Gasteiger partial charge in [-0.25, -0.2) is 0 Å². The van der Waals surface area contributed by atoms with Gasteiger partial charge in [-0.3, -0.25) is 0 Å². The lowest BCUT2D eigenvalue weighted by atomic mass is 9.99. The first kappa shape index (κ1) is 16.9. The summed E-state index contributed by atoms with van der Waals surface area (Å²) < 4.78 is 11.1. The molecule has 0 amide bonds. The summed E-state index contributed by atoms with van der Waals surface area (Å²) in [6.07, 6.45) is 1.95. The standard InChI is InChI=1S/C17H18ClNO2.ClH/c18-14-5-3-13(4-6-14)15(19)7-1-12-2-8-16-17(11-12)21-10-9-20-16;/h2-6,8,11,15H,1,7,9-10,19H2;1H. The predicted molar refractivity (Wildman–Crippen MR) is 82.8 cm³/mol. The quantitative estimate of drug-likeness (QED) is 0.854. The van der Waals surface area contributed by atoms with Gasteiger partial charge in [0, 0.05) is 17.0 Å². The number of aryl methyl sites for hydroxylation is 1. The zero-order valence-corrected chi connectivity index (χ0v) is 13.7. The van der Waals surface area contributed by atoms with E-state index in [1.165, 1.54) is 11.1 Å². The van der Waals surface area contributed by atoms with Gasteiger partial charge in [-0.1, -0.05) is 29.8 Å². The first-order chi connectivity index (χ1) is 10.2. The Bertz CT molecular complexity index is 617. The average molecular weight is 340 g/mol. The molecule has 3 nitrogen and oxygen atoms in total. The third-order valence-corrected chi connectivity index (χ3v) is 3.98. The van der Waals surface area contributed by atoms with Crippen LogP contribution in [0.25, 0.3) is 0 Å². The van der Waals surface area contributed by atoms with Crippen molar-refractivity contribution in [3.63, 3.8) is 0 Å². The fourth-order valence-corrected chi connectivity index (χ4v) is 2.61. The smallest absolute Gasteiger partial charge is 0.161 e. The molecule has 2 aromatic rings. The SMILES string of the molecule is [Cl-].[NH3+]C(CCc1ccc2c(c1)OCCO2)c1ccc(Cl)cc1. The van der Waals surface area contributed by atoms with Crippen LogP contribution in [0.4, 0.5) is 0 Å². The van der Waals surface area contributed by atoms with Gasteiger partial charge in [0.2, 0.25) is 0 Å². The van der Waals surface area contributed by atoms with E-state index in [1.807, 2.05) is 30.3 Å². The molecular formula is C17H19Cl2NO2. The van der Waals surface area contributed by atoms with Crippen molar-refractivity contribution in [1.29, 1.82) is 0 Å². The highest BCUT2D eigenvalue weighted by Gasteiger charge is 2.13. The Labute approximate surface area is 141 Å². The molecule has 0 bridgehead atoms. The van der Waals surface area contributed by atoms with Gasteiger partial charge >= 0.3 is 0 Å². The highest BCUT2D eigenvalue weighted by Crippen LogP contribution is 2.31. The molecular weight excluding hydrogens is 321 g/mol. The normalized spacial score (nSPS) is 14.1. The largest absolute Gasteiger partial charge is 1.00 e. The van der Waals surface area contributed by atoms with E-state index in [-0.39, 0.29) is 18.4 Å². The molecule has 0 fully saturated rings. The molecule has 5 heteroatoms. The summed E-state index contributed by atoms with van der Waals surface area (Å²) in [6.45, 7) is 1.25. The molecule has 1 atom stereocenters. The molecule has 1 aliphatic heterocycles. The van der Waals surface area contributed by atoms with Gasteiger partial charge in [0.1, 0.15) is 19.3 Å². The molecule has 0 radical (unpaired) electrons. The van der Waals surface area contributed by atoms with Crippen molar-refractivity contribution in [2.24, 2.45) is 0 Å². The molecule has 1 aliphatic rings. The lowest BCUT2D eigenvalue weighted by molar-refractivity contribution is -0.427. The molecule has 118 valence electrons. The van der Waals surface area contributed by atoms with E-state index in [0.29, 0.717) is 13.2 Å². The Morgan fingerprint density at radius 1 is 1.00 bits per heavy atom. The molecule has 3 rings (SSSR count). The average Bonchev–Trinajstić information content (AvgIpc) is 2.53. The van der Waals surface area contributed by atoms with Crippen molar-refractivity contribution >= 4 is 11.6 Å². The van der Waals surface area contributed by atoms with Gasteiger partial charge in [-0.2, -0.15) is 0 Å². The number of hydrogen-bond acceptors (Lipinski definition) is 2. The number of halogens is 2. The van der Waals surface area contributed by atoms with Crippen molar-refractivity contribution in [2.75, 3.05) is 13.2 Å². The van der Waals surface area contributed by atoms with Gasteiger partial charge in [0.05, 0.1) is 0 Å². The summed E-state index contributed by atoms with van der Waals surface area (Å²) >= 11 is 5.91. The first-order valence-corrected chi connectivity index (χ1v) is 7.57. The number of ether oxygens (including phenoxy) is 2. The highest BCUT2D eigenvalue weighted by atomic mass is 35.5. The molecule has 0 spiro atoms. The second kappa shape index (κ2) is 7.73. The summed E-state index contributed by atoms with van der Waals surface area (Å²) in [4.78, 5) is 0. The predicted octanol–water partition coefficient (Wildman–Crippen LogP) is 0.0310. The van der Waals surface area contributed by atoms with Crippen LogP contribution in [0.5, 0.6) is 11.5 Å². The zero-order valence-electron chi connectivity index (χ0n) is 12.2. The molecule has 2 aromatic carbocycles. The topological polar surface area (TPSA) is 46.1 Å². The molecule has 22 heavy (non-hydrogen) atoms. The van der Waals surface area contributed by atoms with Gasteiger partial charge in [0.25, 0.3) is 0 Å². The monoisotopic (exact) mass is 339 g/mol. The van der Waals surface area contributed by atoms with Crippen LogP contribution < -0.4 is 27.6 Å². The van der Waals surface area contributed by atoms with E-state index < -0.39 is 0 Å². The summed E-state index contributed by atoms with van der Waals surface area (Å²) in [5.74, 6) is 1.69. The van der Waals surface area contributed by atoms with Crippen molar-refractivity contribution in [3.8, 4) is 11.5 Å². The van der Waals surface area contributed by atoms with Crippen molar-refractivity contribution in [1.82, 2.24) is 0 Å². The van der Waals surface area contributed by atoms with Crippen LogP contribution in [0, 0.1) is 0 Å². The maximum absolute atomic E-state index is 5.91. The zero-order chi connectivity index (χ0) is 14.7. The van der Waals surface area contributed by atoms with E-state index in [2.05, 4.69) is 17.9 Å². The molecule has 0 aromatic heterocycles. The fraction of sp³-hybridized carbons (Fsp3) is 0.294. The molecule has 1 heterocycles. The summed E-state index contributed by atoms with van der Waals surface area (Å²) in [7, 11) is 0. The maximum atomic E-state index is 5.91. The van der Waals surface area contributed by atoms with Crippen molar-refractivity contribution < 1.29 is 27.6 Å². The van der Waals surface area contributed by atoms with Gasteiger partial charge < -0.3 is 27.6 Å².